The van der Waals surface area contributed by atoms with Crippen LogP contribution in [-0.4, -0.2) is 43.8 Å². The Bertz CT molecular complexity index is 1460. The van der Waals surface area contributed by atoms with Gasteiger partial charge in [0.15, 0.2) is 0 Å². The number of benzene rings is 3. The molecule has 1 fully saturated rings. The Kier molecular flexibility index (Phi) is 10.1. The third-order valence-corrected chi connectivity index (χ3v) is 9.64. The van der Waals surface area contributed by atoms with Crippen LogP contribution in [0.15, 0.2) is 77.7 Å². The van der Waals surface area contributed by atoms with Crippen molar-refractivity contribution in [2.75, 3.05) is 10.8 Å². The maximum atomic E-state index is 14.1. The van der Waals surface area contributed by atoms with Crippen LogP contribution in [0.5, 0.6) is 0 Å². The molecule has 3 aromatic carbocycles. The molecular formula is C32H38ClN3O4S. The van der Waals surface area contributed by atoms with Crippen LogP contribution >= 0.6 is 11.6 Å². The third kappa shape index (κ3) is 7.68. The molecule has 1 aliphatic rings. The van der Waals surface area contributed by atoms with Crippen LogP contribution in [0.25, 0.3) is 0 Å². The fourth-order valence-corrected chi connectivity index (χ4v) is 6.88. The summed E-state index contributed by atoms with van der Waals surface area (Å²) in [6.45, 7) is 5.11. The minimum atomic E-state index is -4.10. The Morgan fingerprint density at radius 1 is 0.951 bits per heavy atom. The van der Waals surface area contributed by atoms with E-state index in [9.17, 15) is 18.0 Å². The van der Waals surface area contributed by atoms with Crippen molar-refractivity contribution in [2.24, 2.45) is 0 Å². The zero-order valence-electron chi connectivity index (χ0n) is 23.8. The zero-order chi connectivity index (χ0) is 29.6. The molecule has 4 rings (SSSR count). The highest BCUT2D eigenvalue weighted by atomic mass is 35.5. The molecular weight excluding hydrogens is 558 g/mol. The first kappa shape index (κ1) is 30.6. The predicted molar refractivity (Wildman–Crippen MR) is 163 cm³/mol. The lowest BCUT2D eigenvalue weighted by molar-refractivity contribution is -0.139. The summed E-state index contributed by atoms with van der Waals surface area (Å²) in [5, 5.41) is 3.68. The number of sulfonamides is 1. The van der Waals surface area contributed by atoms with Gasteiger partial charge in [-0.3, -0.25) is 13.9 Å². The Labute approximate surface area is 248 Å². The normalized spacial score (nSPS) is 14.7. The Morgan fingerprint density at radius 3 is 2.24 bits per heavy atom. The van der Waals surface area contributed by atoms with Gasteiger partial charge >= 0.3 is 0 Å². The molecule has 0 aromatic heterocycles. The van der Waals surface area contributed by atoms with Crippen molar-refractivity contribution in [2.45, 2.75) is 76.4 Å². The average molecular weight is 596 g/mol. The average Bonchev–Trinajstić information content (AvgIpc) is 2.96. The maximum Gasteiger partial charge on any atom is 0.264 e. The van der Waals surface area contributed by atoms with E-state index in [0.717, 1.165) is 53.1 Å². The minimum absolute atomic E-state index is 0.0800. The van der Waals surface area contributed by atoms with E-state index < -0.39 is 28.5 Å². The topological polar surface area (TPSA) is 86.8 Å². The molecule has 7 nitrogen and oxygen atoms in total. The Balaban J connectivity index is 1.69. The van der Waals surface area contributed by atoms with Crippen LogP contribution in [0, 0.1) is 13.8 Å². The highest BCUT2D eigenvalue weighted by molar-refractivity contribution is 7.92. The number of nitrogens with one attached hydrogen (secondary N) is 1. The van der Waals surface area contributed by atoms with Gasteiger partial charge in [0.05, 0.1) is 10.6 Å². The standard InChI is InChI=1S/C32H38ClN3O4S/c1-23-14-19-30(24(2)20-23)36(41(39,40)29-12-8-5-9-13-29)22-31(37)35(21-26-15-17-27(33)18-16-26)25(3)32(38)34-28-10-6-4-7-11-28/h5,8-9,12-20,25,28H,4,6-7,10-11,21-22H2,1-3H3,(H,34,38)/t25-/m1/s1. The van der Waals surface area contributed by atoms with Crippen LogP contribution in [0.2, 0.25) is 5.02 Å². The molecule has 218 valence electrons. The molecule has 41 heavy (non-hydrogen) atoms. The van der Waals surface area contributed by atoms with Crippen molar-refractivity contribution < 1.29 is 18.0 Å². The number of anilines is 1. The summed E-state index contributed by atoms with van der Waals surface area (Å²) >= 11 is 6.09. The van der Waals surface area contributed by atoms with Gasteiger partial charge in [-0.2, -0.15) is 0 Å². The van der Waals surface area contributed by atoms with Crippen molar-refractivity contribution in [3.05, 3.63) is 94.5 Å². The molecule has 0 aliphatic heterocycles. The van der Waals surface area contributed by atoms with Gasteiger partial charge in [0, 0.05) is 17.6 Å². The van der Waals surface area contributed by atoms with Crippen molar-refractivity contribution in [1.82, 2.24) is 10.2 Å². The fraction of sp³-hybridized carbons (Fsp3) is 0.375. The summed E-state index contributed by atoms with van der Waals surface area (Å²) in [4.78, 5) is 29.1. The molecule has 1 saturated carbocycles. The number of carbonyl (C=O) groups excluding carboxylic acids is 2. The lowest BCUT2D eigenvalue weighted by atomic mass is 9.95. The second kappa shape index (κ2) is 13.5. The molecule has 0 bridgehead atoms. The molecule has 0 radical (unpaired) electrons. The summed E-state index contributed by atoms with van der Waals surface area (Å²) in [7, 11) is -4.10. The van der Waals surface area contributed by atoms with E-state index in [0.29, 0.717) is 10.7 Å². The Hall–Kier alpha value is -3.36. The van der Waals surface area contributed by atoms with Gasteiger partial charge in [-0.1, -0.05) is 78.9 Å². The smallest absolute Gasteiger partial charge is 0.264 e. The van der Waals surface area contributed by atoms with E-state index >= 15 is 0 Å². The van der Waals surface area contributed by atoms with E-state index in [4.69, 9.17) is 11.6 Å². The largest absolute Gasteiger partial charge is 0.352 e. The SMILES string of the molecule is Cc1ccc(N(CC(=O)N(Cc2ccc(Cl)cc2)[C@H](C)C(=O)NC2CCCCC2)S(=O)(=O)c2ccccc2)c(C)c1. The summed E-state index contributed by atoms with van der Waals surface area (Å²) in [6, 6.07) is 19.8. The number of rotatable bonds is 10. The zero-order valence-corrected chi connectivity index (χ0v) is 25.4. The highest BCUT2D eigenvalue weighted by Gasteiger charge is 2.33. The minimum Gasteiger partial charge on any atom is -0.352 e. The van der Waals surface area contributed by atoms with Gasteiger partial charge in [-0.05, 0) is 75.1 Å². The van der Waals surface area contributed by atoms with Crippen LogP contribution < -0.4 is 9.62 Å². The number of hydrogen-bond acceptors (Lipinski definition) is 4. The number of halogens is 1. The van der Waals surface area contributed by atoms with Crippen LogP contribution in [0.1, 0.15) is 55.7 Å². The van der Waals surface area contributed by atoms with E-state index in [1.165, 1.54) is 17.0 Å². The van der Waals surface area contributed by atoms with Gasteiger partial charge in [-0.15, -0.1) is 0 Å². The highest BCUT2D eigenvalue weighted by Crippen LogP contribution is 2.28. The third-order valence-electron chi connectivity index (χ3n) is 7.62. The van der Waals surface area contributed by atoms with Crippen LogP contribution in [-0.2, 0) is 26.2 Å². The lowest BCUT2D eigenvalue weighted by Crippen LogP contribution is -2.53. The maximum absolute atomic E-state index is 14.1. The first-order valence-electron chi connectivity index (χ1n) is 14.1. The molecule has 1 N–H and O–H groups in total. The van der Waals surface area contributed by atoms with Gasteiger partial charge < -0.3 is 10.2 Å². The quantitative estimate of drug-likeness (QED) is 0.311. The first-order chi connectivity index (χ1) is 19.6. The van der Waals surface area contributed by atoms with Crippen LogP contribution in [0.3, 0.4) is 0 Å². The summed E-state index contributed by atoms with van der Waals surface area (Å²) in [5.41, 5.74) is 2.90. The molecule has 9 heteroatoms. The van der Waals surface area contributed by atoms with Gasteiger partial charge in [-0.25, -0.2) is 8.42 Å². The van der Waals surface area contributed by atoms with Gasteiger partial charge in [0.2, 0.25) is 11.8 Å². The molecule has 0 unspecified atom stereocenters. The fourth-order valence-electron chi connectivity index (χ4n) is 5.26. The molecule has 1 aliphatic carbocycles. The van der Waals surface area contributed by atoms with Crippen molar-refractivity contribution >= 4 is 39.1 Å². The van der Waals surface area contributed by atoms with Crippen LogP contribution in [0.4, 0.5) is 5.69 Å². The number of hydrogen-bond donors (Lipinski definition) is 1. The summed E-state index contributed by atoms with van der Waals surface area (Å²) in [5.74, 6) is -0.728. The molecule has 0 saturated heterocycles. The number of aryl methyl sites for hydroxylation is 2. The first-order valence-corrected chi connectivity index (χ1v) is 15.9. The van der Waals surface area contributed by atoms with Gasteiger partial charge in [0.25, 0.3) is 10.0 Å². The molecule has 0 heterocycles. The number of carbonyl (C=O) groups is 2. The van der Waals surface area contributed by atoms with Crippen molar-refractivity contribution in [3.8, 4) is 0 Å². The molecule has 0 spiro atoms. The Morgan fingerprint density at radius 2 is 1.61 bits per heavy atom. The number of amides is 2. The van der Waals surface area contributed by atoms with Crippen molar-refractivity contribution in [1.29, 1.82) is 0 Å². The molecule has 1 atom stereocenters. The second-order valence-electron chi connectivity index (χ2n) is 10.8. The van der Waals surface area contributed by atoms with E-state index in [1.54, 1.807) is 55.5 Å². The van der Waals surface area contributed by atoms with E-state index in [-0.39, 0.29) is 23.4 Å². The summed E-state index contributed by atoms with van der Waals surface area (Å²) in [6.07, 6.45) is 5.12. The molecule has 3 aromatic rings. The summed E-state index contributed by atoms with van der Waals surface area (Å²) < 4.78 is 29.1. The van der Waals surface area contributed by atoms with Crippen molar-refractivity contribution in [3.63, 3.8) is 0 Å². The van der Waals surface area contributed by atoms with E-state index in [1.807, 2.05) is 26.0 Å². The lowest BCUT2D eigenvalue weighted by Gasteiger charge is -2.33. The predicted octanol–water partition coefficient (Wildman–Crippen LogP) is 6.02. The monoisotopic (exact) mass is 595 g/mol. The second-order valence-corrected chi connectivity index (χ2v) is 13.1. The number of nitrogens with zero attached hydrogens (tertiary/aromatic N) is 2. The van der Waals surface area contributed by atoms with Gasteiger partial charge in [0.1, 0.15) is 12.6 Å². The molecule has 2 amide bonds. The van der Waals surface area contributed by atoms with E-state index in [2.05, 4.69) is 5.32 Å².